The number of hydrogen-bond donors (Lipinski definition) is 0. The second kappa shape index (κ2) is 9.93. The van der Waals surface area contributed by atoms with Gasteiger partial charge in [-0.1, -0.05) is 44.2 Å². The smallest absolute Gasteiger partial charge is 0.311 e. The minimum absolute atomic E-state index is 0.0747. The van der Waals surface area contributed by atoms with Crippen LogP contribution in [0.25, 0.3) is 0 Å². The van der Waals surface area contributed by atoms with Crippen LogP contribution in [0.3, 0.4) is 0 Å². The summed E-state index contributed by atoms with van der Waals surface area (Å²) in [4.78, 5) is 12.1. The summed E-state index contributed by atoms with van der Waals surface area (Å²) in [5.74, 6) is 0.282. The molecule has 1 aromatic rings. The van der Waals surface area contributed by atoms with Crippen molar-refractivity contribution in [2.75, 3.05) is 13.2 Å². The molecule has 5 atom stereocenters. The van der Waals surface area contributed by atoms with Crippen molar-refractivity contribution < 1.29 is 19.0 Å². The van der Waals surface area contributed by atoms with Gasteiger partial charge < -0.3 is 14.2 Å². The maximum absolute atomic E-state index is 12.1. The molecule has 2 rings (SSSR count). The molecule has 1 aliphatic rings. The summed E-state index contributed by atoms with van der Waals surface area (Å²) < 4.78 is 17.4. The van der Waals surface area contributed by atoms with Gasteiger partial charge in [0.2, 0.25) is 0 Å². The number of carbonyl (C=O) groups excluding carboxylic acids is 1. The molecule has 0 saturated carbocycles. The molecule has 0 aliphatic carbocycles. The molecule has 0 N–H and O–H groups in total. The molecule has 1 fully saturated rings. The van der Waals surface area contributed by atoms with Gasteiger partial charge in [-0.3, -0.25) is 4.79 Å². The van der Waals surface area contributed by atoms with Crippen LogP contribution in [0.15, 0.2) is 30.3 Å². The zero-order valence-corrected chi connectivity index (χ0v) is 15.9. The van der Waals surface area contributed by atoms with Gasteiger partial charge in [-0.2, -0.15) is 0 Å². The summed E-state index contributed by atoms with van der Waals surface area (Å²) in [7, 11) is 0. The molecule has 4 heteroatoms. The van der Waals surface area contributed by atoms with Crippen LogP contribution in [-0.4, -0.2) is 31.4 Å². The molecule has 1 aromatic carbocycles. The number of benzene rings is 1. The van der Waals surface area contributed by atoms with E-state index in [-0.39, 0.29) is 24.1 Å². The zero-order valence-electron chi connectivity index (χ0n) is 15.9. The monoisotopic (exact) mass is 348 g/mol. The molecular weight excluding hydrogens is 316 g/mol. The van der Waals surface area contributed by atoms with Gasteiger partial charge in [0.25, 0.3) is 0 Å². The molecule has 1 heterocycles. The average molecular weight is 348 g/mol. The Morgan fingerprint density at radius 3 is 2.64 bits per heavy atom. The quantitative estimate of drug-likeness (QED) is 0.660. The summed E-state index contributed by atoms with van der Waals surface area (Å²) in [5, 5.41) is 0. The van der Waals surface area contributed by atoms with Gasteiger partial charge in [0.15, 0.2) is 0 Å². The molecule has 4 nitrogen and oxygen atoms in total. The third-order valence-electron chi connectivity index (χ3n) is 5.08. The second-order valence-electron chi connectivity index (χ2n) is 7.21. The van der Waals surface area contributed by atoms with E-state index in [9.17, 15) is 4.79 Å². The van der Waals surface area contributed by atoms with Crippen molar-refractivity contribution in [3.8, 4) is 0 Å². The maximum atomic E-state index is 12.1. The van der Waals surface area contributed by atoms with E-state index in [1.807, 2.05) is 32.0 Å². The summed E-state index contributed by atoms with van der Waals surface area (Å²) >= 11 is 0. The second-order valence-corrected chi connectivity index (χ2v) is 7.21. The van der Waals surface area contributed by atoms with E-state index in [4.69, 9.17) is 14.2 Å². The number of ether oxygens (including phenoxy) is 3. The molecule has 1 aliphatic heterocycles. The highest BCUT2D eigenvalue weighted by atomic mass is 16.5. The fourth-order valence-electron chi connectivity index (χ4n) is 3.48. The van der Waals surface area contributed by atoms with Gasteiger partial charge in [0.1, 0.15) is 0 Å². The normalized spacial score (nSPS) is 26.0. The van der Waals surface area contributed by atoms with Crippen LogP contribution in [-0.2, 0) is 25.6 Å². The largest absolute Gasteiger partial charge is 0.466 e. The minimum Gasteiger partial charge on any atom is -0.466 e. The molecule has 1 saturated heterocycles. The van der Waals surface area contributed by atoms with Gasteiger partial charge in [-0.25, -0.2) is 0 Å². The van der Waals surface area contributed by atoms with Crippen molar-refractivity contribution in [3.63, 3.8) is 0 Å². The Balaban J connectivity index is 1.83. The zero-order chi connectivity index (χ0) is 18.2. The highest BCUT2D eigenvalue weighted by molar-refractivity contribution is 5.72. The van der Waals surface area contributed by atoms with Gasteiger partial charge >= 0.3 is 5.97 Å². The molecule has 140 valence electrons. The van der Waals surface area contributed by atoms with Crippen molar-refractivity contribution in [1.29, 1.82) is 0 Å². The minimum atomic E-state index is -0.227. The number of carbonyl (C=O) groups is 1. The van der Waals surface area contributed by atoms with Crippen LogP contribution in [0.4, 0.5) is 0 Å². The molecule has 25 heavy (non-hydrogen) atoms. The van der Waals surface area contributed by atoms with E-state index < -0.39 is 0 Å². The molecular formula is C21H32O4. The van der Waals surface area contributed by atoms with E-state index in [1.165, 1.54) is 5.56 Å². The SMILES string of the molecule is CCOC(=O)C(C)C1OC([C@H](C)COCc2ccccc2)CCC1C. The van der Waals surface area contributed by atoms with E-state index >= 15 is 0 Å². The standard InChI is InChI=1S/C21H32O4/c1-5-24-21(22)17(4)20-15(2)11-12-19(25-20)16(3)13-23-14-18-9-7-6-8-10-18/h6-10,15-17,19-20H,5,11-14H2,1-4H3/t15?,16-,17?,19?,20?/m1/s1. The lowest BCUT2D eigenvalue weighted by Gasteiger charge is -2.39. The van der Waals surface area contributed by atoms with Crippen LogP contribution in [0.2, 0.25) is 0 Å². The Labute approximate surface area is 151 Å². The summed E-state index contributed by atoms with van der Waals surface area (Å²) in [6.07, 6.45) is 2.15. The van der Waals surface area contributed by atoms with Crippen LogP contribution < -0.4 is 0 Å². The Kier molecular flexibility index (Phi) is 7.91. The lowest BCUT2D eigenvalue weighted by atomic mass is 9.84. The predicted molar refractivity (Wildman–Crippen MR) is 98.1 cm³/mol. The van der Waals surface area contributed by atoms with E-state index in [0.717, 1.165) is 12.8 Å². The number of rotatable bonds is 8. The Bertz CT molecular complexity index is 516. The van der Waals surface area contributed by atoms with Gasteiger partial charge in [0, 0.05) is 5.92 Å². The van der Waals surface area contributed by atoms with Gasteiger partial charge in [-0.05, 0) is 38.2 Å². The van der Waals surface area contributed by atoms with Crippen LogP contribution in [0.5, 0.6) is 0 Å². The van der Waals surface area contributed by atoms with Gasteiger partial charge in [-0.15, -0.1) is 0 Å². The third kappa shape index (κ3) is 5.82. The number of esters is 1. The first-order valence-electron chi connectivity index (χ1n) is 9.46. The van der Waals surface area contributed by atoms with Crippen molar-refractivity contribution in [1.82, 2.24) is 0 Å². The molecule has 4 unspecified atom stereocenters. The highest BCUT2D eigenvalue weighted by Crippen LogP contribution is 2.33. The van der Waals surface area contributed by atoms with Crippen molar-refractivity contribution in [2.45, 2.75) is 59.4 Å². The number of hydrogen-bond acceptors (Lipinski definition) is 4. The van der Waals surface area contributed by atoms with Gasteiger partial charge in [0.05, 0.1) is 37.9 Å². The molecule has 0 spiro atoms. The van der Waals surface area contributed by atoms with Crippen molar-refractivity contribution >= 4 is 5.97 Å². The summed E-state index contributed by atoms with van der Waals surface area (Å²) in [5.41, 5.74) is 1.18. The fourth-order valence-corrected chi connectivity index (χ4v) is 3.48. The van der Waals surface area contributed by atoms with Crippen LogP contribution >= 0.6 is 0 Å². The molecule has 0 aromatic heterocycles. The molecule has 0 bridgehead atoms. The maximum Gasteiger partial charge on any atom is 0.311 e. The first kappa shape index (κ1) is 19.9. The summed E-state index contributed by atoms with van der Waals surface area (Å²) in [6.45, 7) is 9.77. The third-order valence-corrected chi connectivity index (χ3v) is 5.08. The van der Waals surface area contributed by atoms with Crippen LogP contribution in [0, 0.1) is 17.8 Å². The fraction of sp³-hybridized carbons (Fsp3) is 0.667. The van der Waals surface area contributed by atoms with Crippen LogP contribution in [0.1, 0.15) is 46.1 Å². The first-order valence-corrected chi connectivity index (χ1v) is 9.46. The Morgan fingerprint density at radius 1 is 1.24 bits per heavy atom. The average Bonchev–Trinajstić information content (AvgIpc) is 2.62. The first-order chi connectivity index (χ1) is 12.0. The van der Waals surface area contributed by atoms with E-state index in [2.05, 4.69) is 26.0 Å². The Hall–Kier alpha value is -1.39. The lowest BCUT2D eigenvalue weighted by Crippen LogP contribution is -2.44. The summed E-state index contributed by atoms with van der Waals surface area (Å²) in [6, 6.07) is 10.2. The molecule has 0 amide bonds. The predicted octanol–water partition coefficient (Wildman–Crippen LogP) is 4.22. The van der Waals surface area contributed by atoms with Crippen molar-refractivity contribution in [2.24, 2.45) is 17.8 Å². The Morgan fingerprint density at radius 2 is 1.96 bits per heavy atom. The highest BCUT2D eigenvalue weighted by Gasteiger charge is 2.37. The molecule has 0 radical (unpaired) electrons. The lowest BCUT2D eigenvalue weighted by molar-refractivity contribution is -0.167. The van der Waals surface area contributed by atoms with E-state index in [0.29, 0.717) is 31.7 Å². The van der Waals surface area contributed by atoms with E-state index in [1.54, 1.807) is 0 Å². The van der Waals surface area contributed by atoms with Crippen molar-refractivity contribution in [3.05, 3.63) is 35.9 Å². The topological polar surface area (TPSA) is 44.8 Å².